The summed E-state index contributed by atoms with van der Waals surface area (Å²) in [5.41, 5.74) is 2.15. The largest absolute Gasteiger partial charge is 0.381 e. The number of amides is 1. The van der Waals surface area contributed by atoms with Gasteiger partial charge in [0.05, 0.1) is 11.0 Å². The molecule has 4 aliphatic rings. The van der Waals surface area contributed by atoms with Gasteiger partial charge in [0.25, 0.3) is 0 Å². The smallest absolute Gasteiger partial charge is 0.339 e. The zero-order valence-electron chi connectivity index (χ0n) is 18.7. The van der Waals surface area contributed by atoms with E-state index in [1.165, 1.54) is 25.9 Å². The lowest BCUT2D eigenvalue weighted by atomic mass is 9.84. The maximum atomic E-state index is 12.9. The molecule has 10 heteroatoms. The van der Waals surface area contributed by atoms with Crippen molar-refractivity contribution in [3.05, 3.63) is 42.5 Å². The minimum atomic E-state index is -4.00. The van der Waals surface area contributed by atoms with Crippen LogP contribution < -0.4 is 14.4 Å². The lowest BCUT2D eigenvalue weighted by molar-refractivity contribution is -0.107. The maximum Gasteiger partial charge on any atom is 0.339 e. The van der Waals surface area contributed by atoms with E-state index in [0.29, 0.717) is 28.9 Å². The first-order valence-electron chi connectivity index (χ1n) is 11.8. The van der Waals surface area contributed by atoms with Crippen molar-refractivity contribution in [3.8, 4) is 5.75 Å². The number of aromatic nitrogens is 2. The Labute approximate surface area is 198 Å². The van der Waals surface area contributed by atoms with Crippen LogP contribution >= 0.6 is 0 Å². The number of carbonyl (C=O) groups excluding carboxylic acids is 1. The number of anilines is 2. The second-order valence-electron chi connectivity index (χ2n) is 9.43. The average molecular weight is 482 g/mol. The van der Waals surface area contributed by atoms with E-state index >= 15 is 0 Å². The highest BCUT2D eigenvalue weighted by Gasteiger charge is 2.34. The van der Waals surface area contributed by atoms with Crippen LogP contribution in [0.4, 0.5) is 11.6 Å². The van der Waals surface area contributed by atoms with Gasteiger partial charge in [-0.1, -0.05) is 0 Å². The van der Waals surface area contributed by atoms with Gasteiger partial charge in [0, 0.05) is 30.4 Å². The maximum absolute atomic E-state index is 12.9. The first-order valence-corrected chi connectivity index (χ1v) is 13.2. The Morgan fingerprint density at radius 3 is 2.50 bits per heavy atom. The average Bonchev–Trinajstić information content (AvgIpc) is 3.59. The number of fused-ring (bicyclic) bond motifs is 4. The molecule has 1 saturated carbocycles. The number of hydrogen-bond acceptors (Lipinski definition) is 7. The van der Waals surface area contributed by atoms with Crippen molar-refractivity contribution in [1.29, 1.82) is 0 Å². The SMILES string of the molecule is O=CN(c1nc2cc(OS(=O)(=O)c3ccc(NC4CN5CCC4CC5)cc3)ccc2[nH]1)C1CC1. The molecule has 34 heavy (non-hydrogen) atoms. The van der Waals surface area contributed by atoms with E-state index in [4.69, 9.17) is 4.18 Å². The molecule has 2 aromatic carbocycles. The molecule has 1 aromatic heterocycles. The van der Waals surface area contributed by atoms with Crippen molar-refractivity contribution in [2.45, 2.75) is 42.7 Å². The van der Waals surface area contributed by atoms with E-state index in [2.05, 4.69) is 20.2 Å². The molecule has 3 saturated heterocycles. The number of aromatic amines is 1. The molecule has 3 aromatic rings. The number of carbonyl (C=O) groups is 1. The van der Waals surface area contributed by atoms with E-state index in [9.17, 15) is 13.2 Å². The second-order valence-corrected chi connectivity index (χ2v) is 11.0. The number of hydrogen-bond donors (Lipinski definition) is 2. The van der Waals surface area contributed by atoms with Crippen LogP contribution in [0, 0.1) is 5.92 Å². The Bertz CT molecular complexity index is 1310. The molecule has 0 spiro atoms. The predicted molar refractivity (Wildman–Crippen MR) is 128 cm³/mol. The van der Waals surface area contributed by atoms with Crippen molar-refractivity contribution >= 4 is 39.2 Å². The van der Waals surface area contributed by atoms with Gasteiger partial charge in [-0.3, -0.25) is 9.69 Å². The lowest BCUT2D eigenvalue weighted by Crippen LogP contribution is -2.53. The van der Waals surface area contributed by atoms with Crippen LogP contribution in [0.2, 0.25) is 0 Å². The standard InChI is InChI=1S/C24H27N5O4S/c30-15-29(18-3-4-18)24-26-21-8-5-19(13-22(21)27-24)33-34(31,32)20-6-1-17(2-7-20)25-23-14-28-11-9-16(23)10-12-28/h1-2,5-8,13,15-16,18,23,25H,3-4,9-12,14H2,(H,26,27). The van der Waals surface area contributed by atoms with Crippen molar-refractivity contribution in [1.82, 2.24) is 14.9 Å². The summed E-state index contributed by atoms with van der Waals surface area (Å²) in [6.07, 6.45) is 5.11. The van der Waals surface area contributed by atoms with Crippen LogP contribution in [0.25, 0.3) is 11.0 Å². The molecule has 2 N–H and O–H groups in total. The third-order valence-corrected chi connectivity index (χ3v) is 8.36. The monoisotopic (exact) mass is 481 g/mol. The molecular weight excluding hydrogens is 454 g/mol. The lowest BCUT2D eigenvalue weighted by Gasteiger charge is -2.45. The summed E-state index contributed by atoms with van der Waals surface area (Å²) >= 11 is 0. The molecule has 2 bridgehead atoms. The van der Waals surface area contributed by atoms with Crippen molar-refractivity contribution in [2.75, 3.05) is 29.9 Å². The molecule has 1 unspecified atom stereocenters. The highest BCUT2D eigenvalue weighted by atomic mass is 32.2. The fourth-order valence-electron chi connectivity index (χ4n) is 5.04. The number of H-pyrrole nitrogens is 1. The minimum Gasteiger partial charge on any atom is -0.381 e. The third-order valence-electron chi connectivity index (χ3n) is 7.10. The van der Waals surface area contributed by atoms with Gasteiger partial charge in [-0.15, -0.1) is 0 Å². The van der Waals surface area contributed by atoms with Gasteiger partial charge in [-0.25, -0.2) is 4.98 Å². The number of nitrogens with zero attached hydrogens (tertiary/aromatic N) is 3. The van der Waals surface area contributed by atoms with Gasteiger partial charge in [-0.05, 0) is 81.1 Å². The fourth-order valence-corrected chi connectivity index (χ4v) is 5.97. The molecular formula is C24H27N5O4S. The van der Waals surface area contributed by atoms with Crippen LogP contribution in [-0.2, 0) is 14.9 Å². The van der Waals surface area contributed by atoms with E-state index in [1.807, 2.05) is 0 Å². The van der Waals surface area contributed by atoms with Gasteiger partial charge in [0.1, 0.15) is 10.6 Å². The topological polar surface area (TPSA) is 108 Å². The zero-order chi connectivity index (χ0) is 23.3. The molecule has 1 aliphatic carbocycles. The number of benzene rings is 2. The normalized spacial score (nSPS) is 24.2. The Morgan fingerprint density at radius 1 is 1.09 bits per heavy atom. The van der Waals surface area contributed by atoms with Gasteiger partial charge < -0.3 is 19.4 Å². The Morgan fingerprint density at radius 2 is 1.85 bits per heavy atom. The molecule has 0 radical (unpaired) electrons. The third kappa shape index (κ3) is 4.12. The quantitative estimate of drug-likeness (QED) is 0.376. The molecule has 4 heterocycles. The van der Waals surface area contributed by atoms with Gasteiger partial charge in [0.2, 0.25) is 12.4 Å². The summed E-state index contributed by atoms with van der Waals surface area (Å²) in [6, 6.07) is 12.2. The molecule has 1 amide bonds. The van der Waals surface area contributed by atoms with E-state index < -0.39 is 10.1 Å². The number of imidazole rings is 1. The van der Waals surface area contributed by atoms with Crippen LogP contribution in [-0.4, -0.2) is 61.4 Å². The summed E-state index contributed by atoms with van der Waals surface area (Å²) < 4.78 is 31.1. The molecule has 1 atom stereocenters. The molecule has 3 aliphatic heterocycles. The molecule has 4 fully saturated rings. The van der Waals surface area contributed by atoms with Crippen molar-refractivity contribution in [2.24, 2.45) is 5.92 Å². The summed E-state index contributed by atoms with van der Waals surface area (Å²) in [6.45, 7) is 3.40. The Hall–Kier alpha value is -3.11. The molecule has 9 nitrogen and oxygen atoms in total. The van der Waals surface area contributed by atoms with E-state index in [0.717, 1.165) is 31.5 Å². The first-order chi connectivity index (χ1) is 16.5. The van der Waals surface area contributed by atoms with Gasteiger partial charge >= 0.3 is 10.1 Å². The fraction of sp³-hybridized carbons (Fsp3) is 0.417. The number of rotatable bonds is 8. The highest BCUT2D eigenvalue weighted by Crippen LogP contribution is 2.32. The summed E-state index contributed by atoms with van der Waals surface area (Å²) in [7, 11) is -4.00. The van der Waals surface area contributed by atoms with E-state index in [1.54, 1.807) is 47.4 Å². The highest BCUT2D eigenvalue weighted by molar-refractivity contribution is 7.87. The molecule has 178 valence electrons. The Kier molecular flexibility index (Phi) is 5.22. The first kappa shape index (κ1) is 21.4. The molecule has 7 rings (SSSR count). The number of piperidine rings is 3. The summed E-state index contributed by atoms with van der Waals surface area (Å²) in [4.78, 5) is 23.1. The summed E-state index contributed by atoms with van der Waals surface area (Å²) in [5, 5.41) is 3.57. The van der Waals surface area contributed by atoms with Crippen LogP contribution in [0.3, 0.4) is 0 Å². The van der Waals surface area contributed by atoms with Crippen LogP contribution in [0.15, 0.2) is 47.4 Å². The van der Waals surface area contributed by atoms with Crippen molar-refractivity contribution in [3.63, 3.8) is 0 Å². The van der Waals surface area contributed by atoms with Crippen LogP contribution in [0.1, 0.15) is 25.7 Å². The summed E-state index contributed by atoms with van der Waals surface area (Å²) in [5.74, 6) is 1.31. The van der Waals surface area contributed by atoms with Crippen LogP contribution in [0.5, 0.6) is 5.75 Å². The minimum absolute atomic E-state index is 0.0932. The van der Waals surface area contributed by atoms with Gasteiger partial charge in [-0.2, -0.15) is 8.42 Å². The number of nitrogens with one attached hydrogen (secondary N) is 2. The predicted octanol–water partition coefficient (Wildman–Crippen LogP) is 2.96. The zero-order valence-corrected chi connectivity index (χ0v) is 19.5. The second kappa shape index (κ2) is 8.28. The van der Waals surface area contributed by atoms with E-state index in [-0.39, 0.29) is 16.7 Å². The van der Waals surface area contributed by atoms with Crippen molar-refractivity contribution < 1.29 is 17.4 Å². The Balaban J connectivity index is 1.16. The van der Waals surface area contributed by atoms with Gasteiger partial charge in [0.15, 0.2) is 0 Å².